The largest absolute Gasteiger partial charge is 0.350 e. The lowest BCUT2D eigenvalue weighted by Crippen LogP contribution is -2.54. The molecule has 5 nitrogen and oxygen atoms in total. The van der Waals surface area contributed by atoms with E-state index in [0.29, 0.717) is 18.2 Å². The van der Waals surface area contributed by atoms with Crippen molar-refractivity contribution in [3.8, 4) is 11.1 Å². The summed E-state index contributed by atoms with van der Waals surface area (Å²) in [6.07, 6.45) is 1.81. The van der Waals surface area contributed by atoms with Crippen molar-refractivity contribution in [3.63, 3.8) is 0 Å². The Morgan fingerprint density at radius 2 is 1.92 bits per heavy atom. The molecule has 25 heavy (non-hydrogen) atoms. The van der Waals surface area contributed by atoms with Gasteiger partial charge in [0, 0.05) is 49.7 Å². The third-order valence-corrected chi connectivity index (χ3v) is 4.86. The fourth-order valence-corrected chi connectivity index (χ4v) is 3.17. The monoisotopic (exact) mass is 338 g/mol. The second-order valence-corrected chi connectivity index (χ2v) is 6.87. The van der Waals surface area contributed by atoms with Crippen molar-refractivity contribution in [1.29, 1.82) is 0 Å². The number of amides is 1. The molecule has 0 saturated carbocycles. The Morgan fingerprint density at radius 1 is 1.16 bits per heavy atom. The number of nitrogens with zero attached hydrogens (tertiary/aromatic N) is 3. The fraction of sp³-hybridized carbons (Fsp3) is 0.400. The molecule has 3 rings (SSSR count). The lowest BCUT2D eigenvalue weighted by Gasteiger charge is -2.37. The predicted octanol–water partition coefficient (Wildman–Crippen LogP) is 2.03. The molecular weight excluding hydrogens is 312 g/mol. The smallest absolute Gasteiger partial charge is 0.251 e. The van der Waals surface area contributed by atoms with Crippen molar-refractivity contribution in [2.75, 3.05) is 40.3 Å². The zero-order valence-corrected chi connectivity index (χ0v) is 15.2. The lowest BCUT2D eigenvalue weighted by atomic mass is 10.0. The molecule has 0 aliphatic carbocycles. The van der Waals surface area contributed by atoms with Crippen LogP contribution < -0.4 is 5.32 Å². The normalized spacial score (nSPS) is 18.9. The zero-order chi connectivity index (χ0) is 17.8. The average Bonchev–Trinajstić information content (AvgIpc) is 2.62. The van der Waals surface area contributed by atoms with Crippen LogP contribution in [0.1, 0.15) is 16.1 Å². The number of aromatic nitrogens is 1. The van der Waals surface area contributed by atoms with E-state index in [2.05, 4.69) is 34.2 Å². The van der Waals surface area contributed by atoms with Crippen LogP contribution in [0.15, 0.2) is 42.6 Å². The van der Waals surface area contributed by atoms with Gasteiger partial charge in [0.05, 0.1) is 0 Å². The fourth-order valence-electron chi connectivity index (χ4n) is 3.17. The Labute approximate surface area is 149 Å². The molecule has 1 atom stereocenters. The van der Waals surface area contributed by atoms with Gasteiger partial charge in [-0.15, -0.1) is 0 Å². The van der Waals surface area contributed by atoms with E-state index in [1.807, 2.05) is 49.5 Å². The molecule has 1 aromatic heterocycles. The number of likely N-dealkylation sites (N-methyl/N-ethyl adjacent to an activating group) is 2. The van der Waals surface area contributed by atoms with Crippen LogP contribution in [0.25, 0.3) is 11.1 Å². The summed E-state index contributed by atoms with van der Waals surface area (Å²) in [7, 11) is 4.25. The van der Waals surface area contributed by atoms with Gasteiger partial charge >= 0.3 is 0 Å². The molecule has 1 fully saturated rings. The van der Waals surface area contributed by atoms with E-state index in [9.17, 15) is 4.79 Å². The zero-order valence-electron chi connectivity index (χ0n) is 15.2. The summed E-state index contributed by atoms with van der Waals surface area (Å²) in [5.74, 6) is -0.0147. The van der Waals surface area contributed by atoms with Crippen LogP contribution in [0, 0.1) is 6.92 Å². The van der Waals surface area contributed by atoms with E-state index in [4.69, 9.17) is 0 Å². The predicted molar refractivity (Wildman–Crippen MR) is 101 cm³/mol. The van der Waals surface area contributed by atoms with Crippen LogP contribution in [0.4, 0.5) is 0 Å². The Bertz CT molecular complexity index is 729. The molecule has 1 saturated heterocycles. The highest BCUT2D eigenvalue weighted by Gasteiger charge is 2.22. The van der Waals surface area contributed by atoms with Crippen LogP contribution in [0.5, 0.6) is 0 Å². The number of rotatable bonds is 4. The van der Waals surface area contributed by atoms with E-state index in [1.54, 1.807) is 0 Å². The molecule has 2 heterocycles. The molecule has 0 bridgehead atoms. The van der Waals surface area contributed by atoms with Crippen LogP contribution >= 0.6 is 0 Å². The molecular formula is C20H26N4O. The van der Waals surface area contributed by atoms with Gasteiger partial charge in [0.1, 0.15) is 0 Å². The highest BCUT2D eigenvalue weighted by Crippen LogP contribution is 2.20. The minimum Gasteiger partial charge on any atom is -0.350 e. The van der Waals surface area contributed by atoms with Gasteiger partial charge in [0.15, 0.2) is 0 Å². The quantitative estimate of drug-likeness (QED) is 0.927. The van der Waals surface area contributed by atoms with Gasteiger partial charge in [-0.2, -0.15) is 0 Å². The van der Waals surface area contributed by atoms with Crippen LogP contribution in [0.3, 0.4) is 0 Å². The molecule has 2 aromatic rings. The highest BCUT2D eigenvalue weighted by molar-refractivity contribution is 5.94. The maximum atomic E-state index is 12.4. The number of pyridine rings is 1. The first-order chi connectivity index (χ1) is 12.0. The Hall–Kier alpha value is -2.24. The third-order valence-electron chi connectivity index (χ3n) is 4.86. The summed E-state index contributed by atoms with van der Waals surface area (Å²) in [5.41, 5.74) is 3.89. The maximum absolute atomic E-state index is 12.4. The Morgan fingerprint density at radius 3 is 2.64 bits per heavy atom. The van der Waals surface area contributed by atoms with Crippen molar-refractivity contribution in [3.05, 3.63) is 53.9 Å². The van der Waals surface area contributed by atoms with Crippen LogP contribution in [-0.4, -0.2) is 67.0 Å². The van der Waals surface area contributed by atoms with Gasteiger partial charge in [0.25, 0.3) is 5.91 Å². The van der Waals surface area contributed by atoms with Crippen molar-refractivity contribution in [1.82, 2.24) is 20.1 Å². The molecule has 0 spiro atoms. The number of hydrogen-bond acceptors (Lipinski definition) is 4. The summed E-state index contributed by atoms with van der Waals surface area (Å²) in [5, 5.41) is 3.07. The molecule has 1 aliphatic heterocycles. The van der Waals surface area contributed by atoms with Crippen LogP contribution in [-0.2, 0) is 0 Å². The summed E-state index contributed by atoms with van der Waals surface area (Å²) in [6, 6.07) is 12.1. The van der Waals surface area contributed by atoms with E-state index in [-0.39, 0.29) is 5.91 Å². The van der Waals surface area contributed by atoms with E-state index in [0.717, 1.165) is 36.5 Å². The number of aryl methyl sites for hydroxylation is 1. The van der Waals surface area contributed by atoms with E-state index < -0.39 is 0 Å². The number of carbonyl (C=O) groups is 1. The Kier molecular flexibility index (Phi) is 5.46. The minimum absolute atomic E-state index is 0.0147. The second-order valence-electron chi connectivity index (χ2n) is 6.87. The average molecular weight is 338 g/mol. The number of carbonyl (C=O) groups excluding carboxylic acids is 1. The summed E-state index contributed by atoms with van der Waals surface area (Å²) < 4.78 is 0. The van der Waals surface area contributed by atoms with Crippen molar-refractivity contribution < 1.29 is 4.79 Å². The Balaban J connectivity index is 1.61. The van der Waals surface area contributed by atoms with Gasteiger partial charge in [-0.25, -0.2) is 0 Å². The second kappa shape index (κ2) is 7.76. The molecule has 1 N–H and O–H groups in total. The summed E-state index contributed by atoms with van der Waals surface area (Å²) in [4.78, 5) is 21.3. The maximum Gasteiger partial charge on any atom is 0.251 e. The van der Waals surface area contributed by atoms with Gasteiger partial charge in [-0.05, 0) is 56.4 Å². The van der Waals surface area contributed by atoms with Crippen LogP contribution in [0.2, 0.25) is 0 Å². The standard InChI is InChI=1S/C20H26N4O/c1-15-12-18(8-9-21-15)16-4-6-17(7-5-16)20(25)22-13-19-14-23(2)10-11-24(19)3/h4-9,12,19H,10-11,13-14H2,1-3H3,(H,22,25)/t19-/m0/s1. The SMILES string of the molecule is Cc1cc(-c2ccc(C(=O)NC[C@H]3CN(C)CCN3C)cc2)ccn1. The first-order valence-electron chi connectivity index (χ1n) is 8.73. The minimum atomic E-state index is -0.0147. The van der Waals surface area contributed by atoms with Gasteiger partial charge < -0.3 is 10.2 Å². The molecule has 5 heteroatoms. The molecule has 1 amide bonds. The molecule has 0 unspecified atom stereocenters. The first-order valence-corrected chi connectivity index (χ1v) is 8.73. The number of piperazine rings is 1. The summed E-state index contributed by atoms with van der Waals surface area (Å²) >= 11 is 0. The van der Waals surface area contributed by atoms with Gasteiger partial charge in [-0.3, -0.25) is 14.7 Å². The molecule has 0 radical (unpaired) electrons. The van der Waals surface area contributed by atoms with Gasteiger partial charge in [0.2, 0.25) is 0 Å². The third kappa shape index (κ3) is 4.44. The van der Waals surface area contributed by atoms with Gasteiger partial charge in [-0.1, -0.05) is 12.1 Å². The highest BCUT2D eigenvalue weighted by atomic mass is 16.1. The topological polar surface area (TPSA) is 48.5 Å². The number of nitrogens with one attached hydrogen (secondary N) is 1. The summed E-state index contributed by atoms with van der Waals surface area (Å²) in [6.45, 7) is 5.75. The van der Waals surface area contributed by atoms with E-state index in [1.165, 1.54) is 0 Å². The lowest BCUT2D eigenvalue weighted by molar-refractivity contribution is 0.0881. The number of benzene rings is 1. The van der Waals surface area contributed by atoms with Crippen molar-refractivity contribution >= 4 is 5.91 Å². The molecule has 132 valence electrons. The van der Waals surface area contributed by atoms with Crippen molar-refractivity contribution in [2.45, 2.75) is 13.0 Å². The van der Waals surface area contributed by atoms with Crippen molar-refractivity contribution in [2.24, 2.45) is 0 Å². The first kappa shape index (κ1) is 17.6. The molecule has 1 aliphatic rings. The number of hydrogen-bond donors (Lipinski definition) is 1. The van der Waals surface area contributed by atoms with E-state index >= 15 is 0 Å². The molecule has 1 aromatic carbocycles.